The fourth-order valence-corrected chi connectivity index (χ4v) is 0.911. The van der Waals surface area contributed by atoms with Crippen molar-refractivity contribution < 1.29 is 9.53 Å². The van der Waals surface area contributed by atoms with Crippen molar-refractivity contribution >= 4 is 6.09 Å². The summed E-state index contributed by atoms with van der Waals surface area (Å²) in [5.41, 5.74) is 5.99. The number of carbonyl (C=O) groups excluding carboxylic acids is 1. The second kappa shape index (κ2) is 5.92. The first-order valence-electron chi connectivity index (χ1n) is 4.66. The Labute approximate surface area is 87.9 Å². The molecule has 1 heterocycles. The maximum atomic E-state index is 11.2. The lowest BCUT2D eigenvalue weighted by Crippen LogP contribution is -2.29. The van der Waals surface area contributed by atoms with Crippen molar-refractivity contribution in [1.82, 2.24) is 15.3 Å². The van der Waals surface area contributed by atoms with Gasteiger partial charge < -0.3 is 15.8 Å². The van der Waals surface area contributed by atoms with Crippen LogP contribution in [0, 0.1) is 6.92 Å². The van der Waals surface area contributed by atoms with E-state index in [1.165, 1.54) is 6.33 Å². The van der Waals surface area contributed by atoms with Gasteiger partial charge in [-0.3, -0.25) is 0 Å². The topological polar surface area (TPSA) is 90.1 Å². The lowest BCUT2D eigenvalue weighted by Gasteiger charge is -2.06. The summed E-state index contributed by atoms with van der Waals surface area (Å²) in [7, 11) is 0. The van der Waals surface area contributed by atoms with Crippen LogP contribution in [0.25, 0.3) is 0 Å². The van der Waals surface area contributed by atoms with Crippen LogP contribution in [-0.4, -0.2) is 29.2 Å². The molecule has 1 aromatic heterocycles. The Morgan fingerprint density at radius 3 is 3.13 bits per heavy atom. The van der Waals surface area contributed by atoms with Gasteiger partial charge >= 0.3 is 6.09 Å². The van der Waals surface area contributed by atoms with E-state index in [9.17, 15) is 4.79 Å². The van der Waals surface area contributed by atoms with Crippen LogP contribution in [0.2, 0.25) is 0 Å². The minimum Gasteiger partial charge on any atom is -0.391 e. The molecule has 0 atom stereocenters. The highest BCUT2D eigenvalue weighted by atomic mass is 16.6. The molecule has 0 fully saturated rings. The smallest absolute Gasteiger partial charge is 0.391 e. The van der Waals surface area contributed by atoms with Gasteiger partial charge in [0.05, 0.1) is 0 Å². The molecule has 1 aromatic rings. The zero-order valence-electron chi connectivity index (χ0n) is 8.56. The summed E-state index contributed by atoms with van der Waals surface area (Å²) in [6.07, 6.45) is 3.10. The first-order valence-corrected chi connectivity index (χ1v) is 4.66. The summed E-state index contributed by atoms with van der Waals surface area (Å²) in [5.74, 6) is 0.273. The lowest BCUT2D eigenvalue weighted by atomic mass is 10.4. The zero-order chi connectivity index (χ0) is 11.1. The van der Waals surface area contributed by atoms with E-state index in [4.69, 9.17) is 10.5 Å². The monoisotopic (exact) mass is 210 g/mol. The highest BCUT2D eigenvalue weighted by molar-refractivity contribution is 5.69. The van der Waals surface area contributed by atoms with Gasteiger partial charge in [0, 0.05) is 18.3 Å². The van der Waals surface area contributed by atoms with Gasteiger partial charge in [0.25, 0.3) is 0 Å². The van der Waals surface area contributed by atoms with Gasteiger partial charge in [0.1, 0.15) is 6.33 Å². The lowest BCUT2D eigenvalue weighted by molar-refractivity contribution is 0.198. The molecule has 1 amide bonds. The van der Waals surface area contributed by atoms with E-state index in [0.29, 0.717) is 18.7 Å². The molecular formula is C9H14N4O2. The quantitative estimate of drug-likeness (QED) is 0.694. The third-order valence-corrected chi connectivity index (χ3v) is 1.69. The molecule has 0 aliphatic carbocycles. The first kappa shape index (κ1) is 11.4. The zero-order valence-corrected chi connectivity index (χ0v) is 8.56. The molecule has 3 N–H and O–H groups in total. The van der Waals surface area contributed by atoms with E-state index < -0.39 is 6.09 Å². The number of hydrogen-bond donors (Lipinski definition) is 2. The first-order chi connectivity index (χ1) is 7.24. The van der Waals surface area contributed by atoms with Gasteiger partial charge in [-0.1, -0.05) is 0 Å². The average Bonchev–Trinajstić information content (AvgIpc) is 2.22. The number of ether oxygens (including phenoxy) is 1. The summed E-state index contributed by atoms with van der Waals surface area (Å²) in [5, 5.41) is 2.56. The van der Waals surface area contributed by atoms with Crippen LogP contribution in [0.15, 0.2) is 12.5 Å². The Balaban J connectivity index is 2.41. The predicted molar refractivity (Wildman–Crippen MR) is 54.5 cm³/mol. The SMILES string of the molecule is Cc1cncnc1OC(=O)NCCCN. The fourth-order valence-electron chi connectivity index (χ4n) is 0.911. The van der Waals surface area contributed by atoms with Gasteiger partial charge in [-0.2, -0.15) is 0 Å². The van der Waals surface area contributed by atoms with Gasteiger partial charge in [-0.05, 0) is 19.9 Å². The van der Waals surface area contributed by atoms with E-state index >= 15 is 0 Å². The number of hydrogen-bond acceptors (Lipinski definition) is 5. The average molecular weight is 210 g/mol. The number of aromatic nitrogens is 2. The number of nitrogens with zero attached hydrogens (tertiary/aromatic N) is 2. The van der Waals surface area contributed by atoms with E-state index in [2.05, 4.69) is 15.3 Å². The predicted octanol–water partition coefficient (Wildman–Crippen LogP) is 0.222. The molecule has 0 aliphatic rings. The number of amides is 1. The third-order valence-electron chi connectivity index (χ3n) is 1.69. The molecule has 0 saturated heterocycles. The van der Waals surface area contributed by atoms with Crippen molar-refractivity contribution in [3.63, 3.8) is 0 Å². The number of carbonyl (C=O) groups is 1. The Bertz CT molecular complexity index is 330. The highest BCUT2D eigenvalue weighted by Crippen LogP contribution is 2.10. The van der Waals surface area contributed by atoms with Crippen LogP contribution >= 0.6 is 0 Å². The second-order valence-corrected chi connectivity index (χ2v) is 2.97. The number of aryl methyl sites for hydroxylation is 1. The molecule has 0 saturated carbocycles. The van der Waals surface area contributed by atoms with Crippen molar-refractivity contribution in [1.29, 1.82) is 0 Å². The minimum absolute atomic E-state index is 0.273. The van der Waals surface area contributed by atoms with E-state index in [-0.39, 0.29) is 5.88 Å². The van der Waals surface area contributed by atoms with Crippen LogP contribution in [-0.2, 0) is 0 Å². The normalized spacial score (nSPS) is 9.73. The van der Waals surface area contributed by atoms with Gasteiger partial charge in [0.2, 0.25) is 5.88 Å². The molecule has 6 heteroatoms. The molecule has 82 valence electrons. The largest absolute Gasteiger partial charge is 0.413 e. The molecule has 0 spiro atoms. The molecule has 1 rings (SSSR count). The minimum atomic E-state index is -0.523. The summed E-state index contributed by atoms with van der Waals surface area (Å²) in [4.78, 5) is 18.8. The van der Waals surface area contributed by atoms with Gasteiger partial charge in [-0.25, -0.2) is 14.8 Å². The molecule has 0 radical (unpaired) electrons. The fraction of sp³-hybridized carbons (Fsp3) is 0.444. The van der Waals surface area contributed by atoms with E-state index in [1.807, 2.05) is 0 Å². The summed E-state index contributed by atoms with van der Waals surface area (Å²) in [6, 6.07) is 0. The van der Waals surface area contributed by atoms with Gasteiger partial charge in [-0.15, -0.1) is 0 Å². The van der Waals surface area contributed by atoms with Crippen molar-refractivity contribution in [2.24, 2.45) is 5.73 Å². The summed E-state index contributed by atoms with van der Waals surface area (Å²) < 4.78 is 4.95. The Hall–Kier alpha value is -1.69. The molecular weight excluding hydrogens is 196 g/mol. The molecule has 0 aromatic carbocycles. The van der Waals surface area contributed by atoms with Crippen molar-refractivity contribution in [2.75, 3.05) is 13.1 Å². The van der Waals surface area contributed by atoms with Crippen LogP contribution in [0.1, 0.15) is 12.0 Å². The summed E-state index contributed by atoms with van der Waals surface area (Å²) in [6.45, 7) is 2.80. The van der Waals surface area contributed by atoms with Crippen molar-refractivity contribution in [3.8, 4) is 5.88 Å². The number of nitrogens with one attached hydrogen (secondary N) is 1. The van der Waals surface area contributed by atoms with E-state index in [0.717, 1.165) is 6.42 Å². The van der Waals surface area contributed by atoms with Crippen molar-refractivity contribution in [2.45, 2.75) is 13.3 Å². The number of rotatable bonds is 4. The molecule has 15 heavy (non-hydrogen) atoms. The van der Waals surface area contributed by atoms with Crippen molar-refractivity contribution in [3.05, 3.63) is 18.1 Å². The Kier molecular flexibility index (Phi) is 4.49. The van der Waals surface area contributed by atoms with Crippen LogP contribution in [0.5, 0.6) is 5.88 Å². The Morgan fingerprint density at radius 1 is 1.67 bits per heavy atom. The van der Waals surface area contributed by atoms with Gasteiger partial charge in [0.15, 0.2) is 0 Å². The van der Waals surface area contributed by atoms with Crippen LogP contribution in [0.3, 0.4) is 0 Å². The maximum absolute atomic E-state index is 11.2. The van der Waals surface area contributed by atoms with Crippen LogP contribution in [0.4, 0.5) is 4.79 Å². The Morgan fingerprint density at radius 2 is 2.47 bits per heavy atom. The maximum Gasteiger partial charge on any atom is 0.413 e. The highest BCUT2D eigenvalue weighted by Gasteiger charge is 2.06. The standard InChI is InChI=1S/C9H14N4O2/c1-7-5-11-6-13-8(7)15-9(14)12-4-2-3-10/h5-6H,2-4,10H2,1H3,(H,12,14). The summed E-state index contributed by atoms with van der Waals surface area (Å²) >= 11 is 0. The molecule has 0 bridgehead atoms. The van der Waals surface area contributed by atoms with Crippen LogP contribution < -0.4 is 15.8 Å². The van der Waals surface area contributed by atoms with E-state index in [1.54, 1.807) is 13.1 Å². The molecule has 0 aliphatic heterocycles. The molecule has 0 unspecified atom stereocenters. The number of nitrogens with two attached hydrogens (primary N) is 1. The second-order valence-electron chi connectivity index (χ2n) is 2.97. The molecule has 6 nitrogen and oxygen atoms in total. The third kappa shape index (κ3) is 3.90.